The second kappa shape index (κ2) is 6.47. The average molecular weight is 345 g/mol. The molecule has 0 aromatic carbocycles. The second-order valence-corrected chi connectivity index (χ2v) is 5.36. The third kappa shape index (κ3) is 3.14. The Labute approximate surface area is 125 Å². The van der Waals surface area contributed by atoms with Gasteiger partial charge in [0.05, 0.1) is 22.4 Å². The van der Waals surface area contributed by atoms with Gasteiger partial charge in [-0.3, -0.25) is 10.5 Å². The van der Waals surface area contributed by atoms with Crippen LogP contribution in [0.2, 0.25) is 5.15 Å². The topological polar surface area (TPSA) is 68.8 Å². The summed E-state index contributed by atoms with van der Waals surface area (Å²) in [5, 5.41) is 4.80. The maximum atomic E-state index is 5.81. The molecule has 0 radical (unpaired) electrons. The quantitative estimate of drug-likeness (QED) is 0.497. The van der Waals surface area contributed by atoms with E-state index in [0.717, 1.165) is 28.7 Å². The van der Waals surface area contributed by atoms with Gasteiger partial charge in [-0.05, 0) is 34.0 Å². The summed E-state index contributed by atoms with van der Waals surface area (Å²) < 4.78 is 2.85. The number of nitrogens with two attached hydrogens (primary N) is 1. The highest BCUT2D eigenvalue weighted by Crippen LogP contribution is 2.28. The smallest absolute Gasteiger partial charge is 0.129 e. The van der Waals surface area contributed by atoms with Crippen molar-refractivity contribution in [3.63, 3.8) is 0 Å². The van der Waals surface area contributed by atoms with Gasteiger partial charge in [0, 0.05) is 12.7 Å². The molecule has 102 valence electrons. The summed E-state index contributed by atoms with van der Waals surface area (Å²) in [6.07, 6.45) is 4.48. The molecule has 0 aliphatic rings. The Morgan fingerprint density at radius 3 is 2.84 bits per heavy atom. The van der Waals surface area contributed by atoms with E-state index < -0.39 is 0 Å². The Morgan fingerprint density at radius 2 is 2.26 bits per heavy atom. The van der Waals surface area contributed by atoms with Crippen molar-refractivity contribution < 1.29 is 0 Å². The maximum absolute atomic E-state index is 5.81. The molecule has 0 saturated carbocycles. The van der Waals surface area contributed by atoms with E-state index >= 15 is 0 Å². The van der Waals surface area contributed by atoms with Gasteiger partial charge in [0.1, 0.15) is 5.15 Å². The van der Waals surface area contributed by atoms with E-state index in [-0.39, 0.29) is 6.04 Å². The fraction of sp³-hybridized carbons (Fsp3) is 0.333. The number of hydrogen-bond acceptors (Lipinski definition) is 4. The lowest BCUT2D eigenvalue weighted by molar-refractivity contribution is 0.519. The van der Waals surface area contributed by atoms with Gasteiger partial charge in [-0.1, -0.05) is 24.6 Å². The summed E-state index contributed by atoms with van der Waals surface area (Å²) in [5.41, 5.74) is 4.72. The summed E-state index contributed by atoms with van der Waals surface area (Å²) in [4.78, 5) is 4.09. The Hall–Kier alpha value is -0.950. The Kier molecular flexibility index (Phi) is 4.93. The van der Waals surface area contributed by atoms with Crippen molar-refractivity contribution in [1.29, 1.82) is 0 Å². The third-order valence-corrected chi connectivity index (χ3v) is 3.63. The van der Waals surface area contributed by atoms with Crippen LogP contribution in [-0.2, 0) is 6.54 Å². The molecule has 2 aromatic rings. The molecule has 2 aromatic heterocycles. The molecular formula is C12H15BrClN5. The summed E-state index contributed by atoms with van der Waals surface area (Å²) >= 11 is 9.32. The largest absolute Gasteiger partial charge is 0.271 e. The summed E-state index contributed by atoms with van der Waals surface area (Å²) in [5.74, 6) is 5.70. The number of halogens is 2. The van der Waals surface area contributed by atoms with Crippen molar-refractivity contribution in [2.45, 2.75) is 25.9 Å². The zero-order valence-electron chi connectivity index (χ0n) is 10.5. The maximum Gasteiger partial charge on any atom is 0.129 e. The lowest BCUT2D eigenvalue weighted by Gasteiger charge is -2.18. The van der Waals surface area contributed by atoms with Gasteiger partial charge in [-0.25, -0.2) is 10.4 Å². The first-order valence-electron chi connectivity index (χ1n) is 5.96. The van der Waals surface area contributed by atoms with Crippen molar-refractivity contribution in [3.05, 3.63) is 45.4 Å². The van der Waals surface area contributed by atoms with E-state index in [1.165, 1.54) is 0 Å². The van der Waals surface area contributed by atoms with Crippen LogP contribution < -0.4 is 11.3 Å². The standard InChI is InChI=1S/C12H15BrClN5/c1-2-5-19-12(9(13)7-17-19)11(18-15)8-3-4-10(14)16-6-8/h3-4,6-7,11,18H,2,5,15H2,1H3. The number of hydrazine groups is 1. The molecule has 0 fully saturated rings. The molecule has 3 N–H and O–H groups in total. The molecule has 0 aliphatic heterocycles. The Balaban J connectivity index is 2.41. The van der Waals surface area contributed by atoms with Crippen LogP contribution in [-0.4, -0.2) is 14.8 Å². The number of hydrogen-bond donors (Lipinski definition) is 2. The van der Waals surface area contributed by atoms with Gasteiger partial charge >= 0.3 is 0 Å². The highest BCUT2D eigenvalue weighted by Gasteiger charge is 2.20. The number of nitrogens with zero attached hydrogens (tertiary/aromatic N) is 3. The van der Waals surface area contributed by atoms with E-state index in [9.17, 15) is 0 Å². The Morgan fingerprint density at radius 1 is 1.47 bits per heavy atom. The van der Waals surface area contributed by atoms with Crippen LogP contribution in [0, 0.1) is 0 Å². The fourth-order valence-electron chi connectivity index (χ4n) is 1.94. The number of aromatic nitrogens is 3. The lowest BCUT2D eigenvalue weighted by Crippen LogP contribution is -2.31. The third-order valence-electron chi connectivity index (χ3n) is 2.79. The summed E-state index contributed by atoms with van der Waals surface area (Å²) in [6.45, 7) is 2.94. The zero-order chi connectivity index (χ0) is 13.8. The average Bonchev–Trinajstić information content (AvgIpc) is 2.76. The van der Waals surface area contributed by atoms with E-state index in [0.29, 0.717) is 5.15 Å². The van der Waals surface area contributed by atoms with E-state index in [2.05, 4.69) is 38.4 Å². The molecule has 2 rings (SSSR count). The van der Waals surface area contributed by atoms with Gasteiger partial charge in [0.15, 0.2) is 0 Å². The van der Waals surface area contributed by atoms with Crippen LogP contribution in [0.5, 0.6) is 0 Å². The Bertz CT molecular complexity index is 540. The number of rotatable bonds is 5. The minimum atomic E-state index is -0.187. The van der Waals surface area contributed by atoms with Gasteiger partial charge in [-0.2, -0.15) is 5.10 Å². The molecule has 7 heteroatoms. The molecule has 19 heavy (non-hydrogen) atoms. The predicted octanol–water partition coefficient (Wildman–Crippen LogP) is 2.66. The summed E-state index contributed by atoms with van der Waals surface area (Å²) in [7, 11) is 0. The van der Waals surface area contributed by atoms with Gasteiger partial charge in [0.2, 0.25) is 0 Å². The van der Waals surface area contributed by atoms with Crippen LogP contribution >= 0.6 is 27.5 Å². The van der Waals surface area contributed by atoms with Gasteiger partial charge in [0.25, 0.3) is 0 Å². The first kappa shape index (κ1) is 14.5. The predicted molar refractivity (Wildman–Crippen MR) is 78.6 cm³/mol. The van der Waals surface area contributed by atoms with Crippen molar-refractivity contribution in [2.75, 3.05) is 0 Å². The molecule has 1 atom stereocenters. The van der Waals surface area contributed by atoms with Crippen LogP contribution in [0.25, 0.3) is 0 Å². The minimum absolute atomic E-state index is 0.187. The first-order valence-corrected chi connectivity index (χ1v) is 7.13. The molecule has 0 aliphatic carbocycles. The minimum Gasteiger partial charge on any atom is -0.271 e. The van der Waals surface area contributed by atoms with Gasteiger partial charge in [-0.15, -0.1) is 0 Å². The number of nitrogens with one attached hydrogen (secondary N) is 1. The normalized spacial score (nSPS) is 12.6. The lowest BCUT2D eigenvalue weighted by atomic mass is 10.1. The number of aryl methyl sites for hydroxylation is 1. The second-order valence-electron chi connectivity index (χ2n) is 4.11. The van der Waals surface area contributed by atoms with Crippen LogP contribution in [0.15, 0.2) is 29.0 Å². The molecule has 0 saturated heterocycles. The van der Waals surface area contributed by atoms with E-state index in [1.807, 2.05) is 10.7 Å². The van der Waals surface area contributed by atoms with E-state index in [4.69, 9.17) is 17.4 Å². The molecule has 0 amide bonds. The molecule has 5 nitrogen and oxygen atoms in total. The zero-order valence-corrected chi connectivity index (χ0v) is 12.8. The van der Waals surface area contributed by atoms with Crippen molar-refractivity contribution >= 4 is 27.5 Å². The SMILES string of the molecule is CCCn1ncc(Br)c1C(NN)c1ccc(Cl)nc1. The van der Waals surface area contributed by atoms with Gasteiger partial charge < -0.3 is 0 Å². The van der Waals surface area contributed by atoms with Crippen molar-refractivity contribution in [2.24, 2.45) is 5.84 Å². The molecule has 1 unspecified atom stereocenters. The van der Waals surface area contributed by atoms with Crippen molar-refractivity contribution in [1.82, 2.24) is 20.2 Å². The monoisotopic (exact) mass is 343 g/mol. The molecule has 0 bridgehead atoms. The highest BCUT2D eigenvalue weighted by molar-refractivity contribution is 9.10. The number of pyridine rings is 1. The van der Waals surface area contributed by atoms with Crippen LogP contribution in [0.3, 0.4) is 0 Å². The molecule has 2 heterocycles. The van der Waals surface area contributed by atoms with Crippen molar-refractivity contribution in [3.8, 4) is 0 Å². The molecule has 0 spiro atoms. The van der Waals surface area contributed by atoms with Crippen LogP contribution in [0.1, 0.15) is 30.6 Å². The fourth-order valence-corrected chi connectivity index (χ4v) is 2.58. The van der Waals surface area contributed by atoms with Crippen LogP contribution in [0.4, 0.5) is 0 Å². The first-order chi connectivity index (χ1) is 9.17. The summed E-state index contributed by atoms with van der Waals surface area (Å²) in [6, 6.07) is 3.46. The molecular weight excluding hydrogens is 330 g/mol. The highest BCUT2D eigenvalue weighted by atomic mass is 79.9. The van der Waals surface area contributed by atoms with E-state index in [1.54, 1.807) is 18.5 Å².